The van der Waals surface area contributed by atoms with Gasteiger partial charge in [0.1, 0.15) is 6.04 Å². The van der Waals surface area contributed by atoms with Crippen molar-refractivity contribution in [1.29, 1.82) is 0 Å². The van der Waals surface area contributed by atoms with E-state index in [-0.39, 0.29) is 11.4 Å². The maximum Gasteiger partial charge on any atom is 0.322 e. The standard InChI is InChI=1S/C12H15NO4S2/c1-18-10-6-2-3-7-11(10)19(16,17)13-8-4-5-9(13)12(14)15/h2-3,6-7,9H,4-5,8H2,1H3,(H,14,15). The van der Waals surface area contributed by atoms with E-state index in [1.165, 1.54) is 17.8 Å². The zero-order valence-corrected chi connectivity index (χ0v) is 12.1. The minimum atomic E-state index is -3.74. The van der Waals surface area contributed by atoms with Gasteiger partial charge in [-0.05, 0) is 31.2 Å². The third-order valence-corrected chi connectivity index (χ3v) is 6.04. The second-order valence-electron chi connectivity index (χ2n) is 4.26. The SMILES string of the molecule is CSc1ccccc1S(=O)(=O)N1CCCC1C(=O)O. The van der Waals surface area contributed by atoms with Crippen LogP contribution >= 0.6 is 11.8 Å². The Morgan fingerprint density at radius 2 is 2.11 bits per heavy atom. The molecule has 0 saturated carbocycles. The van der Waals surface area contributed by atoms with Crippen molar-refractivity contribution in [3.63, 3.8) is 0 Å². The van der Waals surface area contributed by atoms with Crippen molar-refractivity contribution in [3.8, 4) is 0 Å². The highest BCUT2D eigenvalue weighted by atomic mass is 32.2. The van der Waals surface area contributed by atoms with Crippen LogP contribution in [-0.2, 0) is 14.8 Å². The Labute approximate surface area is 116 Å². The van der Waals surface area contributed by atoms with Crippen molar-refractivity contribution in [2.75, 3.05) is 12.8 Å². The van der Waals surface area contributed by atoms with Crippen molar-refractivity contribution in [2.45, 2.75) is 28.7 Å². The Kier molecular flexibility index (Phi) is 4.17. The second kappa shape index (κ2) is 5.52. The molecule has 1 fully saturated rings. The third-order valence-electron chi connectivity index (χ3n) is 3.14. The van der Waals surface area contributed by atoms with Crippen LogP contribution in [0.2, 0.25) is 0 Å². The molecule has 0 aromatic heterocycles. The van der Waals surface area contributed by atoms with Gasteiger partial charge in [-0.2, -0.15) is 4.31 Å². The van der Waals surface area contributed by atoms with Gasteiger partial charge in [0.25, 0.3) is 0 Å². The third kappa shape index (κ3) is 2.63. The van der Waals surface area contributed by atoms with Gasteiger partial charge in [-0.15, -0.1) is 11.8 Å². The lowest BCUT2D eigenvalue weighted by Crippen LogP contribution is -2.40. The maximum atomic E-state index is 12.6. The summed E-state index contributed by atoms with van der Waals surface area (Å²) in [6.45, 7) is 0.266. The molecule has 1 N–H and O–H groups in total. The highest BCUT2D eigenvalue weighted by molar-refractivity contribution is 7.99. The Hall–Kier alpha value is -1.05. The highest BCUT2D eigenvalue weighted by Crippen LogP contribution is 2.31. The summed E-state index contributed by atoms with van der Waals surface area (Å²) >= 11 is 1.34. The van der Waals surface area contributed by atoms with E-state index in [2.05, 4.69) is 0 Å². The molecular weight excluding hydrogens is 286 g/mol. The molecule has 104 valence electrons. The molecule has 1 aliphatic rings. The summed E-state index contributed by atoms with van der Waals surface area (Å²) in [5.41, 5.74) is 0. The molecule has 1 aromatic carbocycles. The number of nitrogens with zero attached hydrogens (tertiary/aromatic N) is 1. The monoisotopic (exact) mass is 301 g/mol. The first-order chi connectivity index (χ1) is 8.98. The summed E-state index contributed by atoms with van der Waals surface area (Å²) in [6.07, 6.45) is 2.75. The van der Waals surface area contributed by atoms with Gasteiger partial charge in [-0.1, -0.05) is 12.1 Å². The second-order valence-corrected chi connectivity index (χ2v) is 6.97. The lowest BCUT2D eigenvalue weighted by atomic mass is 10.2. The number of rotatable bonds is 4. The number of thioether (sulfide) groups is 1. The van der Waals surface area contributed by atoms with Gasteiger partial charge in [0.2, 0.25) is 10.0 Å². The number of sulfonamides is 1. The van der Waals surface area contributed by atoms with Gasteiger partial charge < -0.3 is 5.11 Å². The summed E-state index contributed by atoms with van der Waals surface area (Å²) in [4.78, 5) is 12.0. The Bertz CT molecular complexity index is 585. The normalized spacial score (nSPS) is 20.6. The van der Waals surface area contributed by atoms with E-state index in [1.54, 1.807) is 24.5 Å². The molecular formula is C12H15NO4S2. The minimum Gasteiger partial charge on any atom is -0.480 e. The van der Waals surface area contributed by atoms with Crippen LogP contribution in [0, 0.1) is 0 Å². The highest BCUT2D eigenvalue weighted by Gasteiger charge is 2.40. The first kappa shape index (κ1) is 14.4. The van der Waals surface area contributed by atoms with E-state index >= 15 is 0 Å². The molecule has 5 nitrogen and oxygen atoms in total. The smallest absolute Gasteiger partial charge is 0.322 e. The first-order valence-electron chi connectivity index (χ1n) is 5.86. The number of benzene rings is 1. The minimum absolute atomic E-state index is 0.190. The van der Waals surface area contributed by atoms with E-state index < -0.39 is 22.0 Å². The van der Waals surface area contributed by atoms with Gasteiger partial charge >= 0.3 is 5.97 Å². The molecule has 1 saturated heterocycles. The van der Waals surface area contributed by atoms with Crippen LogP contribution in [0.25, 0.3) is 0 Å². The van der Waals surface area contributed by atoms with Gasteiger partial charge in [0.15, 0.2) is 0 Å². The van der Waals surface area contributed by atoms with Crippen LogP contribution < -0.4 is 0 Å². The van der Waals surface area contributed by atoms with Crippen molar-refractivity contribution >= 4 is 27.8 Å². The zero-order valence-electron chi connectivity index (χ0n) is 10.4. The molecule has 19 heavy (non-hydrogen) atoms. The quantitative estimate of drug-likeness (QED) is 0.856. The van der Waals surface area contributed by atoms with Crippen molar-refractivity contribution in [3.05, 3.63) is 24.3 Å². The molecule has 0 spiro atoms. The van der Waals surface area contributed by atoms with Gasteiger partial charge in [0, 0.05) is 11.4 Å². The van der Waals surface area contributed by atoms with Crippen LogP contribution in [0.3, 0.4) is 0 Å². The molecule has 0 bridgehead atoms. The fourth-order valence-corrected chi connectivity index (χ4v) is 5.01. The van der Waals surface area contributed by atoms with E-state index in [4.69, 9.17) is 5.11 Å². The predicted octanol–water partition coefficient (Wildman–Crippen LogP) is 1.65. The van der Waals surface area contributed by atoms with Gasteiger partial charge in [-0.25, -0.2) is 8.42 Å². The lowest BCUT2D eigenvalue weighted by Gasteiger charge is -2.22. The number of carboxylic acid groups (broad SMARTS) is 1. The van der Waals surface area contributed by atoms with Gasteiger partial charge in [-0.3, -0.25) is 4.79 Å². The first-order valence-corrected chi connectivity index (χ1v) is 8.52. The molecule has 1 heterocycles. The molecule has 2 rings (SSSR count). The van der Waals surface area contributed by atoms with E-state index in [9.17, 15) is 13.2 Å². The van der Waals surface area contributed by atoms with Gasteiger partial charge in [0.05, 0.1) is 4.90 Å². The van der Waals surface area contributed by atoms with E-state index in [0.717, 1.165) is 4.31 Å². The number of aliphatic carboxylic acids is 1. The fraction of sp³-hybridized carbons (Fsp3) is 0.417. The summed E-state index contributed by atoms with van der Waals surface area (Å²) in [5.74, 6) is -1.08. The molecule has 1 atom stereocenters. The summed E-state index contributed by atoms with van der Waals surface area (Å²) in [6, 6.07) is 5.73. The Balaban J connectivity index is 2.45. The maximum absolute atomic E-state index is 12.6. The molecule has 1 aliphatic heterocycles. The average Bonchev–Trinajstić information content (AvgIpc) is 2.88. The van der Waals surface area contributed by atoms with Crippen molar-refractivity contribution in [2.24, 2.45) is 0 Å². The van der Waals surface area contributed by atoms with Crippen molar-refractivity contribution < 1.29 is 18.3 Å². The topological polar surface area (TPSA) is 74.7 Å². The summed E-state index contributed by atoms with van der Waals surface area (Å²) in [7, 11) is -3.74. The lowest BCUT2D eigenvalue weighted by molar-refractivity contribution is -0.140. The van der Waals surface area contributed by atoms with E-state index in [0.29, 0.717) is 17.7 Å². The van der Waals surface area contributed by atoms with E-state index in [1.807, 2.05) is 0 Å². The number of hydrogen-bond donors (Lipinski definition) is 1. The van der Waals surface area contributed by atoms with Crippen LogP contribution in [0.15, 0.2) is 34.1 Å². The number of carbonyl (C=O) groups is 1. The summed E-state index contributed by atoms with van der Waals surface area (Å²) < 4.78 is 26.3. The van der Waals surface area contributed by atoms with Crippen molar-refractivity contribution in [1.82, 2.24) is 4.31 Å². The number of hydrogen-bond acceptors (Lipinski definition) is 4. The molecule has 1 aromatic rings. The molecule has 0 radical (unpaired) electrons. The fourth-order valence-electron chi connectivity index (χ4n) is 2.23. The van der Waals surface area contributed by atoms with Crippen LogP contribution in [0.5, 0.6) is 0 Å². The van der Waals surface area contributed by atoms with Crippen LogP contribution in [0.1, 0.15) is 12.8 Å². The predicted molar refractivity (Wildman–Crippen MR) is 72.8 cm³/mol. The average molecular weight is 301 g/mol. The molecule has 0 aliphatic carbocycles. The van der Waals surface area contributed by atoms with Crippen LogP contribution in [0.4, 0.5) is 0 Å². The van der Waals surface area contributed by atoms with Crippen LogP contribution in [-0.4, -0.2) is 42.6 Å². The molecule has 1 unspecified atom stereocenters. The Morgan fingerprint density at radius 3 is 2.74 bits per heavy atom. The largest absolute Gasteiger partial charge is 0.480 e. The Morgan fingerprint density at radius 1 is 1.42 bits per heavy atom. The molecule has 0 amide bonds. The summed E-state index contributed by atoms with van der Waals surface area (Å²) in [5, 5.41) is 9.11. The molecule has 7 heteroatoms. The number of carboxylic acids is 1. The zero-order chi connectivity index (χ0) is 14.0.